The summed E-state index contributed by atoms with van der Waals surface area (Å²) in [5, 5.41) is 0. The molecule has 0 heterocycles. The second kappa shape index (κ2) is 11.3. The number of carbonyl (C=O) groups excluding carboxylic acids is 1. The lowest BCUT2D eigenvalue weighted by atomic mass is 9.94. The predicted molar refractivity (Wildman–Crippen MR) is 135 cm³/mol. The lowest BCUT2D eigenvalue weighted by Crippen LogP contribution is -2.44. The number of rotatable bonds is 9. The molecule has 3 aromatic rings. The van der Waals surface area contributed by atoms with Gasteiger partial charge in [-0.25, -0.2) is 9.52 Å². The van der Waals surface area contributed by atoms with Crippen LogP contribution in [0.15, 0.2) is 78.9 Å². The van der Waals surface area contributed by atoms with Crippen molar-refractivity contribution in [2.45, 2.75) is 52.6 Å². The number of ether oxygens (including phenoxy) is 1. The van der Waals surface area contributed by atoms with E-state index in [0.717, 1.165) is 22.3 Å². The predicted octanol–water partition coefficient (Wildman–Crippen LogP) is 5.97. The Labute approximate surface area is 202 Å². The molecule has 0 saturated carbocycles. The van der Waals surface area contributed by atoms with E-state index in [1.165, 1.54) is 4.31 Å². The maximum absolute atomic E-state index is 13.3. The zero-order chi connectivity index (χ0) is 24.7. The summed E-state index contributed by atoms with van der Waals surface area (Å²) < 4.78 is 35.6. The molecule has 0 aliphatic heterocycles. The van der Waals surface area contributed by atoms with E-state index in [4.69, 9.17) is 4.74 Å². The summed E-state index contributed by atoms with van der Waals surface area (Å²) in [6.45, 7) is 8.23. The zero-order valence-corrected chi connectivity index (χ0v) is 20.9. The van der Waals surface area contributed by atoms with Gasteiger partial charge in [-0.05, 0) is 34.1 Å². The lowest BCUT2D eigenvalue weighted by Gasteiger charge is -2.23. The van der Waals surface area contributed by atoms with E-state index in [1.54, 1.807) is 0 Å². The van der Waals surface area contributed by atoms with Crippen LogP contribution in [0.1, 0.15) is 61.8 Å². The summed E-state index contributed by atoms with van der Waals surface area (Å²) in [5.74, 6) is 0.620. The van der Waals surface area contributed by atoms with E-state index in [0.29, 0.717) is 5.75 Å². The van der Waals surface area contributed by atoms with Gasteiger partial charge in [0.2, 0.25) is 0 Å². The monoisotopic (exact) mass is 480 g/mol. The highest BCUT2D eigenvalue weighted by atomic mass is 32.2. The van der Waals surface area contributed by atoms with Gasteiger partial charge in [0.15, 0.2) is 0 Å². The van der Waals surface area contributed by atoms with Crippen LogP contribution in [0.5, 0.6) is 5.75 Å². The fraction of sp³-hybridized carbons (Fsp3) is 0.296. The van der Waals surface area contributed by atoms with Crippen LogP contribution in [0.2, 0.25) is 0 Å². The molecule has 1 N–H and O–H groups in total. The molecule has 0 bridgehead atoms. The van der Waals surface area contributed by atoms with E-state index in [1.807, 2.05) is 107 Å². The molecule has 0 radical (unpaired) electrons. The average molecular weight is 481 g/mol. The number of hydrogen-bond donors (Lipinski definition) is 1. The zero-order valence-electron chi connectivity index (χ0n) is 20.1. The molecule has 0 aliphatic rings. The van der Waals surface area contributed by atoms with Gasteiger partial charge in [-0.1, -0.05) is 107 Å². The standard InChI is InChI=1S/C27H32N2O4S/c1-20(2)24-16-11-17-25(21(3)4)26(24)33-27(30)28-34(31,32)29(18-22-12-7-5-8-13-22)19-23-14-9-6-10-15-23/h5-17,20-21H,18-19H2,1-4H3,(H,28,30). The maximum atomic E-state index is 13.3. The number of amides is 1. The van der Waals surface area contributed by atoms with Crippen LogP contribution >= 0.6 is 0 Å². The van der Waals surface area contributed by atoms with Gasteiger partial charge in [0.1, 0.15) is 5.75 Å². The minimum Gasteiger partial charge on any atom is -0.409 e. The number of carbonyl (C=O) groups is 1. The molecule has 3 aromatic carbocycles. The van der Waals surface area contributed by atoms with Gasteiger partial charge in [0.25, 0.3) is 0 Å². The Kier molecular flexibility index (Phi) is 8.47. The van der Waals surface area contributed by atoms with Crippen molar-refractivity contribution in [2.24, 2.45) is 0 Å². The third kappa shape index (κ3) is 6.68. The fourth-order valence-corrected chi connectivity index (χ4v) is 4.70. The van der Waals surface area contributed by atoms with Crippen LogP contribution < -0.4 is 9.46 Å². The Morgan fingerprint density at radius 3 is 1.62 bits per heavy atom. The number of para-hydroxylation sites is 1. The molecule has 0 saturated heterocycles. The molecular weight excluding hydrogens is 448 g/mol. The van der Waals surface area contributed by atoms with Gasteiger partial charge < -0.3 is 4.74 Å². The van der Waals surface area contributed by atoms with Crippen molar-refractivity contribution >= 4 is 16.3 Å². The number of hydrogen-bond acceptors (Lipinski definition) is 4. The molecule has 0 unspecified atom stereocenters. The highest BCUT2D eigenvalue weighted by Gasteiger charge is 2.27. The largest absolute Gasteiger partial charge is 0.427 e. The molecule has 3 rings (SSSR count). The number of nitrogens with zero attached hydrogens (tertiary/aromatic N) is 1. The molecule has 1 amide bonds. The summed E-state index contributed by atoms with van der Waals surface area (Å²) in [7, 11) is -4.20. The van der Waals surface area contributed by atoms with E-state index in [-0.39, 0.29) is 24.9 Å². The molecule has 6 nitrogen and oxygen atoms in total. The van der Waals surface area contributed by atoms with E-state index >= 15 is 0 Å². The molecule has 34 heavy (non-hydrogen) atoms. The van der Waals surface area contributed by atoms with Crippen LogP contribution in [0.4, 0.5) is 4.79 Å². The topological polar surface area (TPSA) is 75.7 Å². The van der Waals surface area contributed by atoms with Gasteiger partial charge in [0.05, 0.1) is 0 Å². The molecule has 0 aliphatic carbocycles. The first-order valence-corrected chi connectivity index (χ1v) is 12.8. The number of nitrogens with one attached hydrogen (secondary N) is 1. The van der Waals surface area contributed by atoms with Gasteiger partial charge in [0, 0.05) is 13.1 Å². The molecule has 0 atom stereocenters. The van der Waals surface area contributed by atoms with Gasteiger partial charge in [-0.15, -0.1) is 0 Å². The maximum Gasteiger partial charge on any atom is 0.427 e. The highest BCUT2D eigenvalue weighted by molar-refractivity contribution is 7.87. The van der Waals surface area contributed by atoms with Crippen molar-refractivity contribution in [3.8, 4) is 5.75 Å². The Morgan fingerprint density at radius 2 is 1.21 bits per heavy atom. The van der Waals surface area contributed by atoms with Crippen molar-refractivity contribution in [2.75, 3.05) is 0 Å². The minimum atomic E-state index is -4.20. The van der Waals surface area contributed by atoms with Crippen molar-refractivity contribution < 1.29 is 17.9 Å². The SMILES string of the molecule is CC(C)c1cccc(C(C)C)c1OC(=O)NS(=O)(=O)N(Cc1ccccc1)Cc1ccccc1. The second-order valence-electron chi connectivity index (χ2n) is 8.81. The Bertz CT molecular complexity index is 1130. The summed E-state index contributed by atoms with van der Waals surface area (Å²) in [6, 6.07) is 24.2. The first kappa shape index (κ1) is 25.5. The van der Waals surface area contributed by atoms with Crippen molar-refractivity contribution in [3.63, 3.8) is 0 Å². The van der Waals surface area contributed by atoms with Crippen LogP contribution in [-0.2, 0) is 23.3 Å². The molecule has 0 fully saturated rings. The second-order valence-corrected chi connectivity index (χ2v) is 10.5. The van der Waals surface area contributed by atoms with E-state index in [9.17, 15) is 13.2 Å². The van der Waals surface area contributed by atoms with Crippen molar-refractivity contribution in [1.29, 1.82) is 0 Å². The van der Waals surface area contributed by atoms with Crippen LogP contribution in [0, 0.1) is 0 Å². The summed E-state index contributed by atoms with van der Waals surface area (Å²) in [4.78, 5) is 12.8. The van der Waals surface area contributed by atoms with Gasteiger partial charge >= 0.3 is 16.3 Å². The van der Waals surface area contributed by atoms with Gasteiger partial charge in [-0.3, -0.25) is 0 Å². The van der Waals surface area contributed by atoms with Gasteiger partial charge in [-0.2, -0.15) is 12.7 Å². The molecule has 180 valence electrons. The van der Waals surface area contributed by atoms with Crippen LogP contribution in [0.3, 0.4) is 0 Å². The third-order valence-corrected chi connectivity index (χ3v) is 6.83. The molecule has 7 heteroatoms. The first-order chi connectivity index (χ1) is 16.2. The Hall–Kier alpha value is -3.16. The highest BCUT2D eigenvalue weighted by Crippen LogP contribution is 2.34. The van der Waals surface area contributed by atoms with Crippen molar-refractivity contribution in [3.05, 3.63) is 101 Å². The van der Waals surface area contributed by atoms with E-state index < -0.39 is 16.3 Å². The smallest absolute Gasteiger partial charge is 0.409 e. The van der Waals surface area contributed by atoms with Crippen LogP contribution in [-0.4, -0.2) is 18.8 Å². The van der Waals surface area contributed by atoms with Crippen LogP contribution in [0.25, 0.3) is 0 Å². The van der Waals surface area contributed by atoms with E-state index in [2.05, 4.69) is 4.72 Å². The lowest BCUT2D eigenvalue weighted by molar-refractivity contribution is 0.204. The molecular formula is C27H32N2O4S. The first-order valence-electron chi connectivity index (χ1n) is 11.4. The molecule has 0 aromatic heterocycles. The Balaban J connectivity index is 1.86. The summed E-state index contributed by atoms with van der Waals surface area (Å²) >= 11 is 0. The normalized spacial score (nSPS) is 11.7. The summed E-state index contributed by atoms with van der Waals surface area (Å²) in [6.07, 6.45) is -1.03. The van der Waals surface area contributed by atoms with Crippen molar-refractivity contribution in [1.82, 2.24) is 9.03 Å². The number of benzene rings is 3. The quantitative estimate of drug-likeness (QED) is 0.409. The Morgan fingerprint density at radius 1 is 0.765 bits per heavy atom. The third-order valence-electron chi connectivity index (χ3n) is 5.47. The average Bonchev–Trinajstić information content (AvgIpc) is 2.79. The minimum absolute atomic E-state index is 0.103. The summed E-state index contributed by atoms with van der Waals surface area (Å²) in [5.41, 5.74) is 3.32. The fourth-order valence-electron chi connectivity index (χ4n) is 3.68. The molecule has 0 spiro atoms.